The van der Waals surface area contributed by atoms with Gasteiger partial charge in [-0.15, -0.1) is 0 Å². The summed E-state index contributed by atoms with van der Waals surface area (Å²) in [6.45, 7) is 3.50. The summed E-state index contributed by atoms with van der Waals surface area (Å²) in [5.41, 5.74) is 1.26. The van der Waals surface area contributed by atoms with E-state index in [4.69, 9.17) is 0 Å². The van der Waals surface area contributed by atoms with Crippen LogP contribution in [0.5, 0.6) is 0 Å². The minimum atomic E-state index is -0.169. The van der Waals surface area contributed by atoms with Gasteiger partial charge in [0.1, 0.15) is 6.04 Å². The van der Waals surface area contributed by atoms with E-state index in [0.717, 1.165) is 51.9 Å². The minimum absolute atomic E-state index is 0.0417. The van der Waals surface area contributed by atoms with E-state index < -0.39 is 0 Å². The second-order valence-electron chi connectivity index (χ2n) is 6.71. The molecule has 0 aliphatic carbocycles. The van der Waals surface area contributed by atoms with Crippen LogP contribution in [0.1, 0.15) is 31.2 Å². The van der Waals surface area contributed by atoms with Crippen LogP contribution in [-0.2, 0) is 11.3 Å². The van der Waals surface area contributed by atoms with Gasteiger partial charge in [0, 0.05) is 44.6 Å². The summed E-state index contributed by atoms with van der Waals surface area (Å²) in [4.78, 5) is 34.8. The van der Waals surface area contributed by atoms with Gasteiger partial charge >= 0.3 is 6.03 Å². The lowest BCUT2D eigenvalue weighted by atomic mass is 10.0. The number of rotatable bonds is 3. The highest BCUT2D eigenvalue weighted by atomic mass is 16.2. The molecule has 122 valence electrons. The van der Waals surface area contributed by atoms with Crippen molar-refractivity contribution in [1.82, 2.24) is 19.7 Å². The number of carbonyl (C=O) groups is 2. The lowest BCUT2D eigenvalue weighted by molar-refractivity contribution is -0.130. The molecule has 0 radical (unpaired) electrons. The summed E-state index contributed by atoms with van der Waals surface area (Å²) in [6.07, 6.45) is 7.18. The standard InChI is InChI=1S/C17H22N4O2/c22-16-15-2-1-9-20(15)17(23)21(16)14-5-10-19(11-6-14)12-13-3-7-18-8-4-13/h3-4,7-8,14-15H,1-2,5-6,9-12H2. The third kappa shape index (κ3) is 2.61. The molecule has 23 heavy (non-hydrogen) atoms. The highest BCUT2D eigenvalue weighted by Crippen LogP contribution is 2.31. The van der Waals surface area contributed by atoms with Crippen molar-refractivity contribution in [3.8, 4) is 0 Å². The fourth-order valence-electron chi connectivity index (χ4n) is 4.06. The number of pyridine rings is 1. The van der Waals surface area contributed by atoms with E-state index in [1.807, 2.05) is 24.5 Å². The van der Waals surface area contributed by atoms with Crippen molar-refractivity contribution in [2.75, 3.05) is 19.6 Å². The van der Waals surface area contributed by atoms with Crippen molar-refractivity contribution in [2.45, 2.75) is 44.3 Å². The Kier molecular flexibility index (Phi) is 3.77. The van der Waals surface area contributed by atoms with Crippen molar-refractivity contribution < 1.29 is 9.59 Å². The first-order chi connectivity index (χ1) is 11.2. The van der Waals surface area contributed by atoms with Crippen LogP contribution in [0.3, 0.4) is 0 Å². The van der Waals surface area contributed by atoms with Gasteiger partial charge in [-0.1, -0.05) is 0 Å². The molecule has 0 bridgehead atoms. The number of nitrogens with zero attached hydrogens (tertiary/aromatic N) is 4. The van der Waals surface area contributed by atoms with Gasteiger partial charge in [0.25, 0.3) is 5.91 Å². The molecule has 1 unspecified atom stereocenters. The van der Waals surface area contributed by atoms with Crippen LogP contribution in [0.4, 0.5) is 4.79 Å². The first-order valence-corrected chi connectivity index (χ1v) is 8.49. The maximum Gasteiger partial charge on any atom is 0.327 e. The van der Waals surface area contributed by atoms with Crippen molar-refractivity contribution in [3.63, 3.8) is 0 Å². The molecule has 3 aliphatic heterocycles. The van der Waals surface area contributed by atoms with Crippen molar-refractivity contribution in [3.05, 3.63) is 30.1 Å². The topological polar surface area (TPSA) is 56.8 Å². The van der Waals surface area contributed by atoms with Crippen LogP contribution in [0.15, 0.2) is 24.5 Å². The monoisotopic (exact) mass is 314 g/mol. The number of likely N-dealkylation sites (tertiary alicyclic amines) is 1. The molecule has 6 heteroatoms. The number of carbonyl (C=O) groups excluding carboxylic acids is 2. The summed E-state index contributed by atoms with van der Waals surface area (Å²) in [5, 5.41) is 0. The van der Waals surface area contributed by atoms with E-state index in [-0.39, 0.29) is 24.0 Å². The molecule has 0 saturated carbocycles. The molecule has 4 heterocycles. The van der Waals surface area contributed by atoms with Gasteiger partial charge in [-0.3, -0.25) is 19.6 Å². The van der Waals surface area contributed by atoms with Gasteiger partial charge in [0.15, 0.2) is 0 Å². The smallest absolute Gasteiger partial charge is 0.312 e. The molecular formula is C17H22N4O2. The number of aromatic nitrogens is 1. The van der Waals surface area contributed by atoms with E-state index in [2.05, 4.69) is 9.88 Å². The fourth-order valence-corrected chi connectivity index (χ4v) is 4.06. The molecule has 1 aromatic heterocycles. The quantitative estimate of drug-likeness (QED) is 0.793. The summed E-state index contributed by atoms with van der Waals surface area (Å²) >= 11 is 0. The van der Waals surface area contributed by atoms with Crippen molar-refractivity contribution in [2.24, 2.45) is 0 Å². The average molecular weight is 314 g/mol. The maximum atomic E-state index is 12.5. The predicted octanol–water partition coefficient (Wildman–Crippen LogP) is 1.47. The van der Waals surface area contributed by atoms with Crippen LogP contribution in [0, 0.1) is 0 Å². The molecule has 3 amide bonds. The molecule has 3 fully saturated rings. The second-order valence-corrected chi connectivity index (χ2v) is 6.71. The van der Waals surface area contributed by atoms with Gasteiger partial charge in [0.05, 0.1) is 0 Å². The number of fused-ring (bicyclic) bond motifs is 1. The van der Waals surface area contributed by atoms with E-state index in [0.29, 0.717) is 0 Å². The van der Waals surface area contributed by atoms with Crippen LogP contribution in [0.25, 0.3) is 0 Å². The molecule has 1 aromatic rings. The molecule has 0 spiro atoms. The number of piperidine rings is 1. The Morgan fingerprint density at radius 2 is 1.78 bits per heavy atom. The number of hydrogen-bond donors (Lipinski definition) is 0. The Labute approximate surface area is 136 Å². The Morgan fingerprint density at radius 3 is 2.48 bits per heavy atom. The zero-order chi connectivity index (χ0) is 15.8. The Bertz CT molecular complexity index is 576. The Hall–Kier alpha value is -1.95. The summed E-state index contributed by atoms with van der Waals surface area (Å²) in [6, 6.07) is 3.93. The minimum Gasteiger partial charge on any atom is -0.312 e. The van der Waals surface area contributed by atoms with Crippen LogP contribution >= 0.6 is 0 Å². The SMILES string of the molecule is O=C1C2CCCN2C(=O)N1C1CCN(Cc2ccncc2)CC1. The highest BCUT2D eigenvalue weighted by molar-refractivity contribution is 6.04. The van der Waals surface area contributed by atoms with Crippen LogP contribution < -0.4 is 0 Å². The van der Waals surface area contributed by atoms with E-state index >= 15 is 0 Å². The van der Waals surface area contributed by atoms with Gasteiger partial charge < -0.3 is 4.90 Å². The van der Waals surface area contributed by atoms with Gasteiger partial charge in [0.2, 0.25) is 0 Å². The van der Waals surface area contributed by atoms with Gasteiger partial charge in [-0.25, -0.2) is 4.79 Å². The first kappa shape index (κ1) is 14.6. The second kappa shape index (κ2) is 5.92. The molecule has 0 N–H and O–H groups in total. The zero-order valence-corrected chi connectivity index (χ0v) is 13.2. The largest absolute Gasteiger partial charge is 0.327 e. The number of amides is 3. The van der Waals surface area contributed by atoms with Gasteiger partial charge in [-0.05, 0) is 43.4 Å². The molecule has 6 nitrogen and oxygen atoms in total. The van der Waals surface area contributed by atoms with E-state index in [1.165, 1.54) is 5.56 Å². The molecular weight excluding hydrogens is 292 g/mol. The summed E-state index contributed by atoms with van der Waals surface area (Å²) < 4.78 is 0. The van der Waals surface area contributed by atoms with Crippen molar-refractivity contribution >= 4 is 11.9 Å². The summed E-state index contributed by atoms with van der Waals surface area (Å²) in [5.74, 6) is 0.0417. The van der Waals surface area contributed by atoms with Gasteiger partial charge in [-0.2, -0.15) is 0 Å². The molecule has 3 aliphatic rings. The fraction of sp³-hybridized carbons (Fsp3) is 0.588. The predicted molar refractivity (Wildman–Crippen MR) is 84.5 cm³/mol. The Morgan fingerprint density at radius 1 is 1.04 bits per heavy atom. The first-order valence-electron chi connectivity index (χ1n) is 8.49. The lowest BCUT2D eigenvalue weighted by Gasteiger charge is -2.35. The van der Waals surface area contributed by atoms with Crippen LogP contribution in [0.2, 0.25) is 0 Å². The molecule has 0 aromatic carbocycles. The van der Waals surface area contributed by atoms with E-state index in [1.54, 1.807) is 9.80 Å². The third-order valence-electron chi connectivity index (χ3n) is 5.30. The lowest BCUT2D eigenvalue weighted by Crippen LogP contribution is -2.48. The summed E-state index contributed by atoms with van der Waals surface area (Å²) in [7, 11) is 0. The molecule has 4 rings (SSSR count). The molecule has 1 atom stereocenters. The van der Waals surface area contributed by atoms with Crippen molar-refractivity contribution in [1.29, 1.82) is 0 Å². The normalized spacial score (nSPS) is 26.2. The zero-order valence-electron chi connectivity index (χ0n) is 13.2. The third-order valence-corrected chi connectivity index (χ3v) is 5.30. The average Bonchev–Trinajstić information content (AvgIpc) is 3.14. The Balaban J connectivity index is 1.36. The number of hydrogen-bond acceptors (Lipinski definition) is 4. The highest BCUT2D eigenvalue weighted by Gasteiger charge is 2.49. The number of imide groups is 1. The molecule has 3 saturated heterocycles. The van der Waals surface area contributed by atoms with E-state index in [9.17, 15) is 9.59 Å². The maximum absolute atomic E-state index is 12.5. The van der Waals surface area contributed by atoms with Crippen LogP contribution in [-0.4, -0.2) is 63.3 Å². The number of urea groups is 1.